The summed E-state index contributed by atoms with van der Waals surface area (Å²) in [6, 6.07) is 3.80. The number of dihydropyridines is 1. The van der Waals surface area contributed by atoms with Gasteiger partial charge in [0.1, 0.15) is 5.70 Å². The third-order valence-corrected chi connectivity index (χ3v) is 2.69. The molecule has 0 bridgehead atoms. The molecule has 94 valence electrons. The molecule has 1 aliphatic rings. The van der Waals surface area contributed by atoms with Gasteiger partial charge in [-0.3, -0.25) is 4.98 Å². The molecule has 2 N–H and O–H groups in total. The first-order valence-corrected chi connectivity index (χ1v) is 5.49. The molecule has 0 radical (unpaired) electrons. The molecule has 1 atom stereocenters. The van der Waals surface area contributed by atoms with Crippen LogP contribution in [0.5, 0.6) is 0 Å². The Kier molecular flexibility index (Phi) is 3.43. The maximum absolute atomic E-state index is 10.9. The van der Waals surface area contributed by atoms with Crippen molar-refractivity contribution in [2.45, 2.75) is 13.2 Å². The zero-order chi connectivity index (χ0) is 13.1. The van der Waals surface area contributed by atoms with Gasteiger partial charge in [0.15, 0.2) is 6.23 Å². The van der Waals surface area contributed by atoms with Crippen molar-refractivity contribution in [2.24, 2.45) is 0 Å². The van der Waals surface area contributed by atoms with Crippen molar-refractivity contribution in [1.82, 2.24) is 10.3 Å². The maximum atomic E-state index is 10.9. The van der Waals surface area contributed by atoms with Crippen LogP contribution in [0.1, 0.15) is 11.3 Å². The predicted octanol–water partition coefficient (Wildman–Crippen LogP) is 1.32. The van der Waals surface area contributed by atoms with Crippen molar-refractivity contribution in [3.8, 4) is 0 Å². The van der Waals surface area contributed by atoms with Crippen LogP contribution in [0.2, 0.25) is 0 Å². The topological polar surface area (TPSA) is 71.5 Å². The first kappa shape index (κ1) is 12.3. The van der Waals surface area contributed by atoms with Gasteiger partial charge < -0.3 is 15.2 Å². The summed E-state index contributed by atoms with van der Waals surface area (Å²) in [6.07, 6.45) is 4.53. The van der Waals surface area contributed by atoms with E-state index in [2.05, 4.69) is 10.3 Å². The van der Waals surface area contributed by atoms with Crippen LogP contribution in [-0.4, -0.2) is 29.4 Å². The molecule has 5 nitrogen and oxygen atoms in total. The van der Waals surface area contributed by atoms with E-state index in [1.165, 1.54) is 13.2 Å². The van der Waals surface area contributed by atoms with Gasteiger partial charge in [-0.25, -0.2) is 4.79 Å². The fourth-order valence-corrected chi connectivity index (χ4v) is 1.82. The summed E-state index contributed by atoms with van der Waals surface area (Å²) in [6.45, 7) is 1.90. The van der Waals surface area contributed by atoms with E-state index in [4.69, 9.17) is 9.84 Å². The Labute approximate surface area is 105 Å². The average molecular weight is 246 g/mol. The molecular formula is C13H14N2O3. The number of hydrogen-bond donors (Lipinski definition) is 2. The van der Waals surface area contributed by atoms with Crippen LogP contribution in [-0.2, 0) is 9.53 Å². The average Bonchev–Trinajstić information content (AvgIpc) is 2.37. The molecule has 5 heteroatoms. The minimum absolute atomic E-state index is 0.122. The number of hydrogen-bond acceptors (Lipinski definition) is 4. The van der Waals surface area contributed by atoms with Crippen molar-refractivity contribution in [3.63, 3.8) is 0 Å². The van der Waals surface area contributed by atoms with Gasteiger partial charge in [-0.2, -0.15) is 0 Å². The molecule has 0 fully saturated rings. The van der Waals surface area contributed by atoms with Crippen molar-refractivity contribution in [2.75, 3.05) is 7.11 Å². The lowest BCUT2D eigenvalue weighted by Crippen LogP contribution is -2.36. The number of aliphatic carboxylic acids is 1. The lowest BCUT2D eigenvalue weighted by atomic mass is 10.0. The molecule has 0 aliphatic carbocycles. The van der Waals surface area contributed by atoms with Crippen LogP contribution in [0.25, 0.3) is 5.57 Å². The summed E-state index contributed by atoms with van der Waals surface area (Å²) in [5, 5.41) is 11.7. The van der Waals surface area contributed by atoms with Crippen LogP contribution >= 0.6 is 0 Å². The fourth-order valence-electron chi connectivity index (χ4n) is 1.82. The second-order valence-electron chi connectivity index (χ2n) is 3.95. The molecule has 0 aromatic carbocycles. The Morgan fingerprint density at radius 1 is 1.50 bits per heavy atom. The van der Waals surface area contributed by atoms with Crippen LogP contribution in [0, 0.1) is 6.92 Å². The maximum Gasteiger partial charge on any atom is 0.352 e. The molecular weight excluding hydrogens is 232 g/mol. The first-order valence-electron chi connectivity index (χ1n) is 5.49. The third-order valence-electron chi connectivity index (χ3n) is 2.69. The van der Waals surface area contributed by atoms with E-state index < -0.39 is 12.2 Å². The number of carbonyl (C=O) groups is 1. The molecule has 2 heterocycles. The number of nitrogens with zero attached hydrogens (tertiary/aromatic N) is 1. The Bertz CT molecular complexity index is 535. The second kappa shape index (κ2) is 5.01. The highest BCUT2D eigenvalue weighted by molar-refractivity contribution is 5.88. The van der Waals surface area contributed by atoms with Crippen molar-refractivity contribution in [1.29, 1.82) is 0 Å². The molecule has 1 aliphatic heterocycles. The number of aryl methyl sites for hydroxylation is 1. The van der Waals surface area contributed by atoms with Gasteiger partial charge in [0.05, 0.1) is 0 Å². The molecule has 0 spiro atoms. The van der Waals surface area contributed by atoms with E-state index >= 15 is 0 Å². The first-order chi connectivity index (χ1) is 8.61. The number of pyridine rings is 1. The van der Waals surface area contributed by atoms with Crippen LogP contribution in [0.4, 0.5) is 0 Å². The van der Waals surface area contributed by atoms with Gasteiger partial charge >= 0.3 is 5.97 Å². The highest BCUT2D eigenvalue weighted by Gasteiger charge is 2.22. The summed E-state index contributed by atoms with van der Waals surface area (Å²) >= 11 is 0. The number of aromatic nitrogens is 1. The summed E-state index contributed by atoms with van der Waals surface area (Å²) in [5.41, 5.74) is 2.86. The molecule has 2 rings (SSSR count). The standard InChI is InChI=1S/C13H14N2O3/c1-8-7-9(5-6-14-8)10-3-4-11(13(16)17)15-12(10)18-2/h3-7,12,15H,1-2H3,(H,16,17). The molecule has 0 saturated carbocycles. The number of ether oxygens (including phenoxy) is 1. The van der Waals surface area contributed by atoms with E-state index in [0.29, 0.717) is 0 Å². The zero-order valence-electron chi connectivity index (χ0n) is 10.2. The fraction of sp³-hybridized carbons (Fsp3) is 0.231. The minimum Gasteiger partial charge on any atom is -0.477 e. The summed E-state index contributed by atoms with van der Waals surface area (Å²) in [5.74, 6) is -1.00. The molecule has 18 heavy (non-hydrogen) atoms. The molecule has 0 saturated heterocycles. The van der Waals surface area contributed by atoms with Crippen molar-refractivity contribution in [3.05, 3.63) is 47.4 Å². The lowest BCUT2D eigenvalue weighted by Gasteiger charge is -2.24. The van der Waals surface area contributed by atoms with Crippen molar-refractivity contribution >= 4 is 11.5 Å². The Morgan fingerprint density at radius 3 is 2.89 bits per heavy atom. The number of carboxylic acid groups (broad SMARTS) is 1. The Hall–Kier alpha value is -2.14. The van der Waals surface area contributed by atoms with Crippen LogP contribution in [0.3, 0.4) is 0 Å². The summed E-state index contributed by atoms with van der Waals surface area (Å²) in [4.78, 5) is 15.0. The molecule has 1 aromatic heterocycles. The number of rotatable bonds is 3. The monoisotopic (exact) mass is 246 g/mol. The van der Waals surface area contributed by atoms with Gasteiger partial charge in [-0.15, -0.1) is 0 Å². The van der Waals surface area contributed by atoms with Gasteiger partial charge in [-0.05, 0) is 30.7 Å². The summed E-state index contributed by atoms with van der Waals surface area (Å²) in [7, 11) is 1.53. The number of nitrogens with one attached hydrogen (secondary N) is 1. The summed E-state index contributed by atoms with van der Waals surface area (Å²) < 4.78 is 5.27. The lowest BCUT2D eigenvalue weighted by molar-refractivity contribution is -0.133. The van der Waals surface area contributed by atoms with E-state index in [0.717, 1.165) is 16.8 Å². The smallest absolute Gasteiger partial charge is 0.352 e. The van der Waals surface area contributed by atoms with Crippen molar-refractivity contribution < 1.29 is 14.6 Å². The molecule has 1 aromatic rings. The van der Waals surface area contributed by atoms with E-state index in [-0.39, 0.29) is 5.70 Å². The Morgan fingerprint density at radius 2 is 2.28 bits per heavy atom. The molecule has 0 amide bonds. The zero-order valence-corrected chi connectivity index (χ0v) is 10.2. The third kappa shape index (κ3) is 2.41. The number of allylic oxidation sites excluding steroid dienone is 2. The van der Waals surface area contributed by atoms with Gasteiger partial charge in [0.25, 0.3) is 0 Å². The predicted molar refractivity (Wildman–Crippen MR) is 66.6 cm³/mol. The number of carboxylic acids is 1. The molecule has 1 unspecified atom stereocenters. The van der Waals surface area contributed by atoms with E-state index in [9.17, 15) is 4.79 Å². The van der Waals surface area contributed by atoms with Gasteiger partial charge in [0, 0.05) is 24.6 Å². The largest absolute Gasteiger partial charge is 0.477 e. The number of methoxy groups -OCH3 is 1. The highest BCUT2D eigenvalue weighted by Crippen LogP contribution is 2.23. The SMILES string of the molecule is COC1NC(C(=O)O)=CC=C1c1ccnc(C)c1. The Balaban J connectivity index is 2.39. The van der Waals surface area contributed by atoms with E-state index in [1.54, 1.807) is 12.3 Å². The normalized spacial score (nSPS) is 18.7. The van der Waals surface area contributed by atoms with Gasteiger partial charge in [0.2, 0.25) is 0 Å². The quantitative estimate of drug-likeness (QED) is 0.841. The second-order valence-corrected chi connectivity index (χ2v) is 3.95. The van der Waals surface area contributed by atoms with Gasteiger partial charge in [-0.1, -0.05) is 6.08 Å². The van der Waals surface area contributed by atoms with Crippen LogP contribution < -0.4 is 5.32 Å². The van der Waals surface area contributed by atoms with E-state index in [1.807, 2.05) is 19.1 Å². The minimum atomic E-state index is -1.00. The van der Waals surface area contributed by atoms with Crippen LogP contribution in [0.15, 0.2) is 36.2 Å². The highest BCUT2D eigenvalue weighted by atomic mass is 16.5.